The predicted octanol–water partition coefficient (Wildman–Crippen LogP) is 2.48. The molecule has 3 aliphatic rings. The van der Waals surface area contributed by atoms with Crippen molar-refractivity contribution in [3.63, 3.8) is 0 Å². The van der Waals surface area contributed by atoms with Gasteiger partial charge >= 0.3 is 0 Å². The van der Waals surface area contributed by atoms with Crippen molar-refractivity contribution in [2.24, 2.45) is 22.7 Å². The zero-order valence-electron chi connectivity index (χ0n) is 20.4. The maximum absolute atomic E-state index is 12.9. The molecule has 0 aromatic carbocycles. The monoisotopic (exact) mass is 420 g/mol. The average molecular weight is 421 g/mol. The van der Waals surface area contributed by atoms with Gasteiger partial charge in [-0.25, -0.2) is 0 Å². The van der Waals surface area contributed by atoms with E-state index in [1.807, 2.05) is 0 Å². The van der Waals surface area contributed by atoms with E-state index in [2.05, 4.69) is 75.8 Å². The van der Waals surface area contributed by atoms with Gasteiger partial charge in [-0.15, -0.1) is 0 Å². The van der Waals surface area contributed by atoms with Crippen LogP contribution in [0.3, 0.4) is 0 Å². The van der Waals surface area contributed by atoms with Gasteiger partial charge in [0.05, 0.1) is 5.41 Å². The summed E-state index contributed by atoms with van der Waals surface area (Å²) < 4.78 is 0. The minimum absolute atomic E-state index is 0.165. The molecule has 6 nitrogen and oxygen atoms in total. The van der Waals surface area contributed by atoms with Gasteiger partial charge < -0.3 is 15.5 Å². The van der Waals surface area contributed by atoms with Crippen molar-refractivity contribution in [2.45, 2.75) is 92.4 Å². The third kappa shape index (κ3) is 3.79. The summed E-state index contributed by atoms with van der Waals surface area (Å²) in [6, 6.07) is 1.08. The van der Waals surface area contributed by atoms with Crippen LogP contribution in [0.1, 0.15) is 68.2 Å². The molecule has 0 radical (unpaired) electrons. The number of fused-ring (bicyclic) bond motifs is 1. The van der Waals surface area contributed by atoms with Gasteiger partial charge in [-0.3, -0.25) is 14.5 Å². The molecule has 0 aromatic rings. The topological polar surface area (TPSA) is 64.7 Å². The molecule has 2 amide bonds. The van der Waals surface area contributed by atoms with Gasteiger partial charge in [0.1, 0.15) is 0 Å². The number of nitrogens with one attached hydrogen (secondary N) is 2. The van der Waals surface area contributed by atoms with Crippen LogP contribution >= 0.6 is 0 Å². The highest BCUT2D eigenvalue weighted by molar-refractivity contribution is 5.88. The lowest BCUT2D eigenvalue weighted by atomic mass is 9.63. The van der Waals surface area contributed by atoms with E-state index in [9.17, 15) is 9.59 Å². The van der Waals surface area contributed by atoms with Crippen molar-refractivity contribution >= 4 is 11.8 Å². The molecule has 0 bridgehead atoms. The normalized spacial score (nSPS) is 32.2. The van der Waals surface area contributed by atoms with Gasteiger partial charge in [0, 0.05) is 49.2 Å². The molecule has 0 saturated carbocycles. The van der Waals surface area contributed by atoms with Crippen LogP contribution in [0.15, 0.2) is 0 Å². The van der Waals surface area contributed by atoms with Crippen LogP contribution in [0.25, 0.3) is 0 Å². The Kier molecular flexibility index (Phi) is 6.60. The maximum Gasteiger partial charge on any atom is 0.229 e. The molecule has 3 fully saturated rings. The molecule has 2 N–H and O–H groups in total. The summed E-state index contributed by atoms with van der Waals surface area (Å²) in [4.78, 5) is 30.4. The quantitative estimate of drug-likeness (QED) is 0.601. The SMILES string of the molecule is CCN1CC(C(C)(C)C(=O)NC(C)CCC(C)N2CC3(C(C)C)C(=O)NC(C)C23)C1. The molecule has 0 spiro atoms. The molecule has 5 atom stereocenters. The van der Waals surface area contributed by atoms with Crippen LogP contribution in [0, 0.1) is 22.7 Å². The number of amides is 2. The fourth-order valence-corrected chi connectivity index (χ4v) is 5.86. The first-order valence-corrected chi connectivity index (χ1v) is 12.0. The molecule has 5 unspecified atom stereocenters. The molecular weight excluding hydrogens is 376 g/mol. The summed E-state index contributed by atoms with van der Waals surface area (Å²) in [6.45, 7) is 21.2. The molecule has 0 aliphatic carbocycles. The van der Waals surface area contributed by atoms with Crippen LogP contribution in [0.2, 0.25) is 0 Å². The minimum Gasteiger partial charge on any atom is -0.353 e. The van der Waals surface area contributed by atoms with E-state index < -0.39 is 0 Å². The van der Waals surface area contributed by atoms with Gasteiger partial charge in [-0.2, -0.15) is 0 Å². The van der Waals surface area contributed by atoms with E-state index in [0.29, 0.717) is 23.9 Å². The number of hydrogen-bond donors (Lipinski definition) is 2. The standard InChI is InChI=1S/C24H44N4O2/c1-9-27-12-19(13-27)23(7,8)21(29)25-16(4)10-11-17(5)28-14-24(15(2)3)20(28)18(6)26-22(24)30/h15-20H,9-14H2,1-8H3,(H,25,29)(H,26,30). The Morgan fingerprint density at radius 1 is 1.23 bits per heavy atom. The van der Waals surface area contributed by atoms with Crippen LogP contribution in [-0.2, 0) is 9.59 Å². The second-order valence-corrected chi connectivity index (χ2v) is 11.1. The summed E-state index contributed by atoms with van der Waals surface area (Å²) in [5, 5.41) is 6.46. The lowest BCUT2D eigenvalue weighted by Gasteiger charge is -2.57. The third-order valence-corrected chi connectivity index (χ3v) is 8.59. The molecule has 172 valence electrons. The Morgan fingerprint density at radius 2 is 1.87 bits per heavy atom. The van der Waals surface area contributed by atoms with Gasteiger partial charge in [0.2, 0.25) is 11.8 Å². The number of rotatable bonds is 9. The predicted molar refractivity (Wildman–Crippen MR) is 121 cm³/mol. The van der Waals surface area contributed by atoms with Crippen LogP contribution < -0.4 is 10.6 Å². The molecule has 0 aromatic heterocycles. The lowest BCUT2D eigenvalue weighted by molar-refractivity contribution is -0.153. The van der Waals surface area contributed by atoms with E-state index >= 15 is 0 Å². The van der Waals surface area contributed by atoms with Crippen molar-refractivity contribution in [3.05, 3.63) is 0 Å². The lowest BCUT2D eigenvalue weighted by Crippen LogP contribution is -2.70. The van der Waals surface area contributed by atoms with Crippen LogP contribution in [0.5, 0.6) is 0 Å². The Morgan fingerprint density at radius 3 is 2.43 bits per heavy atom. The Balaban J connectivity index is 1.48. The smallest absolute Gasteiger partial charge is 0.229 e. The van der Waals surface area contributed by atoms with Crippen LogP contribution in [0.4, 0.5) is 0 Å². The van der Waals surface area contributed by atoms with Gasteiger partial charge in [-0.05, 0) is 52.0 Å². The molecular formula is C24H44N4O2. The number of nitrogens with zero attached hydrogens (tertiary/aromatic N) is 2. The first kappa shape index (κ1) is 23.5. The zero-order valence-corrected chi connectivity index (χ0v) is 20.4. The van der Waals surface area contributed by atoms with Gasteiger partial charge in [0.15, 0.2) is 0 Å². The number of carbonyl (C=O) groups is 2. The Labute approximate surface area is 183 Å². The van der Waals surface area contributed by atoms with Gasteiger partial charge in [0.25, 0.3) is 0 Å². The summed E-state index contributed by atoms with van der Waals surface area (Å²) >= 11 is 0. The Hall–Kier alpha value is -1.14. The average Bonchev–Trinajstić information content (AvgIpc) is 2.76. The fourth-order valence-electron chi connectivity index (χ4n) is 5.86. The molecule has 3 heterocycles. The van der Waals surface area contributed by atoms with Crippen molar-refractivity contribution in [2.75, 3.05) is 26.2 Å². The molecule has 6 heteroatoms. The second-order valence-electron chi connectivity index (χ2n) is 11.1. The zero-order chi connectivity index (χ0) is 22.4. The molecule has 30 heavy (non-hydrogen) atoms. The molecule has 3 saturated heterocycles. The van der Waals surface area contributed by atoms with Crippen molar-refractivity contribution < 1.29 is 9.59 Å². The number of hydrogen-bond acceptors (Lipinski definition) is 4. The fraction of sp³-hybridized carbons (Fsp3) is 0.917. The van der Waals surface area contributed by atoms with E-state index in [1.165, 1.54) is 0 Å². The van der Waals surface area contributed by atoms with E-state index in [-0.39, 0.29) is 34.7 Å². The van der Waals surface area contributed by atoms with E-state index in [0.717, 1.165) is 39.0 Å². The summed E-state index contributed by atoms with van der Waals surface area (Å²) in [5.41, 5.74) is -0.530. The highest BCUT2D eigenvalue weighted by Gasteiger charge is 2.65. The summed E-state index contributed by atoms with van der Waals surface area (Å²) in [6.07, 6.45) is 1.99. The first-order valence-electron chi connectivity index (χ1n) is 12.0. The molecule has 3 aliphatic heterocycles. The second kappa shape index (κ2) is 8.42. The maximum atomic E-state index is 12.9. The summed E-state index contributed by atoms with van der Waals surface area (Å²) in [7, 11) is 0. The molecule has 3 rings (SSSR count). The first-order chi connectivity index (χ1) is 13.9. The van der Waals surface area contributed by atoms with E-state index in [4.69, 9.17) is 0 Å². The largest absolute Gasteiger partial charge is 0.353 e. The van der Waals surface area contributed by atoms with Crippen molar-refractivity contribution in [1.29, 1.82) is 0 Å². The third-order valence-electron chi connectivity index (χ3n) is 8.59. The van der Waals surface area contributed by atoms with E-state index in [1.54, 1.807) is 0 Å². The number of carbonyl (C=O) groups excluding carboxylic acids is 2. The van der Waals surface area contributed by atoms with Gasteiger partial charge in [-0.1, -0.05) is 34.6 Å². The summed E-state index contributed by atoms with van der Waals surface area (Å²) in [5.74, 6) is 1.22. The minimum atomic E-state index is -0.314. The highest BCUT2D eigenvalue weighted by atomic mass is 16.2. The number of likely N-dealkylation sites (tertiary alicyclic amines) is 2. The van der Waals surface area contributed by atoms with Crippen molar-refractivity contribution in [3.8, 4) is 0 Å². The van der Waals surface area contributed by atoms with Crippen LogP contribution in [-0.4, -0.2) is 72.0 Å². The van der Waals surface area contributed by atoms with Crippen molar-refractivity contribution in [1.82, 2.24) is 20.4 Å². The Bertz CT molecular complexity index is 658. The highest BCUT2D eigenvalue weighted by Crippen LogP contribution is 2.50.